The first-order valence-electron chi connectivity index (χ1n) is 7.38. The summed E-state index contributed by atoms with van der Waals surface area (Å²) in [6.07, 6.45) is 1.30. The Bertz CT molecular complexity index is 1080. The van der Waals surface area contributed by atoms with E-state index in [2.05, 4.69) is 10.0 Å². The number of hydrogen-bond donors (Lipinski definition) is 2. The van der Waals surface area contributed by atoms with Gasteiger partial charge in [0, 0.05) is 11.1 Å². The lowest BCUT2D eigenvalue weighted by Gasteiger charge is -2.14. The van der Waals surface area contributed by atoms with Gasteiger partial charge in [0.05, 0.1) is 22.5 Å². The van der Waals surface area contributed by atoms with E-state index in [0.717, 1.165) is 0 Å². The van der Waals surface area contributed by atoms with Crippen molar-refractivity contribution in [2.24, 2.45) is 0 Å². The highest BCUT2D eigenvalue weighted by atomic mass is 35.5. The summed E-state index contributed by atoms with van der Waals surface area (Å²) in [5.74, 6) is -2.73. The molecule has 2 aromatic carbocycles. The molecule has 1 amide bonds. The Hall–Kier alpha value is -2.91. The maximum atomic E-state index is 13.3. The molecule has 0 saturated heterocycles. The van der Waals surface area contributed by atoms with Crippen molar-refractivity contribution in [3.63, 3.8) is 0 Å². The zero-order valence-electron chi connectivity index (χ0n) is 13.4. The van der Waals surface area contributed by atoms with E-state index in [0.29, 0.717) is 18.2 Å². The molecule has 0 atom stereocenters. The number of carbonyl (C=O) groups excluding carboxylic acids is 1. The molecule has 1 aromatic heterocycles. The van der Waals surface area contributed by atoms with Crippen LogP contribution in [0.3, 0.4) is 0 Å². The van der Waals surface area contributed by atoms with Crippen LogP contribution in [-0.4, -0.2) is 14.3 Å². The number of benzene rings is 2. The summed E-state index contributed by atoms with van der Waals surface area (Å²) in [5.41, 5.74) is -0.0201. The Balaban J connectivity index is 1.93. The molecule has 140 valence electrons. The monoisotopic (exact) mass is 412 g/mol. The fraction of sp³-hybridized carbons (Fsp3) is 0. The van der Waals surface area contributed by atoms with Crippen molar-refractivity contribution in [3.05, 3.63) is 77.2 Å². The number of amides is 1. The molecular formula is C17H11ClF2N2O4S. The summed E-state index contributed by atoms with van der Waals surface area (Å²) >= 11 is 5.90. The summed E-state index contributed by atoms with van der Waals surface area (Å²) in [6, 6.07) is 8.81. The fourth-order valence-electron chi connectivity index (χ4n) is 2.19. The van der Waals surface area contributed by atoms with Gasteiger partial charge in [0.15, 0.2) is 5.76 Å². The number of halogens is 3. The summed E-state index contributed by atoms with van der Waals surface area (Å²) in [6.45, 7) is 0. The molecule has 0 spiro atoms. The third-order valence-corrected chi connectivity index (χ3v) is 4.95. The van der Waals surface area contributed by atoms with Crippen LogP contribution >= 0.6 is 11.6 Å². The predicted octanol–water partition coefficient (Wildman–Crippen LogP) is 4.26. The van der Waals surface area contributed by atoms with Gasteiger partial charge < -0.3 is 9.73 Å². The molecule has 6 nitrogen and oxygen atoms in total. The van der Waals surface area contributed by atoms with E-state index in [1.54, 1.807) is 0 Å². The second kappa shape index (κ2) is 7.37. The maximum Gasteiger partial charge on any atom is 0.291 e. The van der Waals surface area contributed by atoms with Crippen molar-refractivity contribution < 1.29 is 26.4 Å². The van der Waals surface area contributed by atoms with Crippen molar-refractivity contribution in [2.75, 3.05) is 10.0 Å². The Labute approximate surface area is 157 Å². The number of nitrogens with one attached hydrogen (secondary N) is 2. The highest BCUT2D eigenvalue weighted by molar-refractivity contribution is 7.92. The van der Waals surface area contributed by atoms with Crippen LogP contribution in [-0.2, 0) is 10.0 Å². The van der Waals surface area contributed by atoms with Gasteiger partial charge in [-0.25, -0.2) is 17.2 Å². The molecule has 1 heterocycles. The molecule has 0 radical (unpaired) electrons. The molecule has 27 heavy (non-hydrogen) atoms. The first-order chi connectivity index (χ1) is 12.7. The first-order valence-corrected chi connectivity index (χ1v) is 9.24. The van der Waals surface area contributed by atoms with Crippen LogP contribution in [0.1, 0.15) is 10.6 Å². The Morgan fingerprint density at radius 3 is 2.33 bits per heavy atom. The Morgan fingerprint density at radius 1 is 1.00 bits per heavy atom. The molecule has 10 heteroatoms. The predicted molar refractivity (Wildman–Crippen MR) is 95.3 cm³/mol. The minimum atomic E-state index is -4.33. The van der Waals surface area contributed by atoms with E-state index < -0.39 is 32.5 Å². The van der Waals surface area contributed by atoms with Gasteiger partial charge in [0.25, 0.3) is 15.9 Å². The largest absolute Gasteiger partial charge is 0.459 e. The number of furan rings is 1. The summed E-state index contributed by atoms with van der Waals surface area (Å²) in [4.78, 5) is 11.5. The Kier molecular flexibility index (Phi) is 5.15. The molecule has 0 aliphatic heterocycles. The molecular weight excluding hydrogens is 402 g/mol. The molecule has 0 saturated carbocycles. The minimum Gasteiger partial charge on any atom is -0.459 e. The molecule has 3 aromatic rings. The maximum absolute atomic E-state index is 13.3. The van der Waals surface area contributed by atoms with Gasteiger partial charge in [-0.1, -0.05) is 11.6 Å². The van der Waals surface area contributed by atoms with E-state index in [-0.39, 0.29) is 22.2 Å². The Morgan fingerprint density at radius 2 is 1.70 bits per heavy atom. The third kappa shape index (κ3) is 4.44. The number of anilines is 2. The molecule has 0 unspecified atom stereocenters. The van der Waals surface area contributed by atoms with Crippen molar-refractivity contribution in [3.8, 4) is 0 Å². The highest BCUT2D eigenvalue weighted by Gasteiger charge is 2.20. The zero-order chi connectivity index (χ0) is 19.6. The van der Waals surface area contributed by atoms with Crippen LogP contribution in [0.4, 0.5) is 20.2 Å². The highest BCUT2D eigenvalue weighted by Crippen LogP contribution is 2.29. The third-order valence-electron chi connectivity index (χ3n) is 3.37. The SMILES string of the molecule is O=C(Nc1cc(Cl)ccc1NS(=O)(=O)c1cc(F)cc(F)c1)c1ccco1. The lowest BCUT2D eigenvalue weighted by Crippen LogP contribution is -2.17. The summed E-state index contributed by atoms with van der Waals surface area (Å²) in [5, 5.41) is 2.68. The number of rotatable bonds is 5. The van der Waals surface area contributed by atoms with Gasteiger partial charge in [0.1, 0.15) is 11.6 Å². The first kappa shape index (κ1) is 18.9. The zero-order valence-corrected chi connectivity index (χ0v) is 14.9. The molecule has 2 N–H and O–H groups in total. The van der Waals surface area contributed by atoms with Crippen molar-refractivity contribution in [1.29, 1.82) is 0 Å². The normalized spacial score (nSPS) is 11.2. The topological polar surface area (TPSA) is 88.4 Å². The molecule has 0 aliphatic rings. The van der Waals surface area contributed by atoms with Gasteiger partial charge in [-0.15, -0.1) is 0 Å². The van der Waals surface area contributed by atoms with Gasteiger partial charge >= 0.3 is 0 Å². The molecule has 3 rings (SSSR count). The van der Waals surface area contributed by atoms with Crippen LogP contribution < -0.4 is 10.0 Å². The van der Waals surface area contributed by atoms with Crippen molar-refractivity contribution in [2.45, 2.75) is 4.90 Å². The summed E-state index contributed by atoms with van der Waals surface area (Å²) < 4.78 is 58.7. The van der Waals surface area contributed by atoms with E-state index in [1.165, 1.54) is 36.6 Å². The number of hydrogen-bond acceptors (Lipinski definition) is 4. The molecule has 0 bridgehead atoms. The molecule has 0 fully saturated rings. The standard InChI is InChI=1S/C17H11ClF2N2O4S/c18-10-3-4-14(15(6-10)21-17(23)16-2-1-5-26-16)22-27(24,25)13-8-11(19)7-12(20)9-13/h1-9,22H,(H,21,23). The average molecular weight is 413 g/mol. The molecule has 0 aliphatic carbocycles. The number of carbonyl (C=O) groups is 1. The van der Waals surface area contributed by atoms with Crippen LogP contribution in [0.25, 0.3) is 0 Å². The van der Waals surface area contributed by atoms with Crippen LogP contribution in [0.2, 0.25) is 5.02 Å². The second-order valence-corrected chi connectivity index (χ2v) is 7.45. The summed E-state index contributed by atoms with van der Waals surface area (Å²) in [7, 11) is -4.33. The minimum absolute atomic E-state index is 0.00372. The smallest absolute Gasteiger partial charge is 0.291 e. The van der Waals surface area contributed by atoms with E-state index >= 15 is 0 Å². The lowest BCUT2D eigenvalue weighted by atomic mass is 10.2. The van der Waals surface area contributed by atoms with E-state index in [4.69, 9.17) is 16.0 Å². The van der Waals surface area contributed by atoms with E-state index in [1.807, 2.05) is 0 Å². The van der Waals surface area contributed by atoms with Crippen molar-refractivity contribution >= 4 is 38.9 Å². The fourth-order valence-corrected chi connectivity index (χ4v) is 3.48. The van der Waals surface area contributed by atoms with Crippen molar-refractivity contribution in [1.82, 2.24) is 0 Å². The van der Waals surface area contributed by atoms with Gasteiger partial charge in [0.2, 0.25) is 0 Å². The second-order valence-electron chi connectivity index (χ2n) is 5.33. The van der Waals surface area contributed by atoms with Crippen LogP contribution in [0, 0.1) is 11.6 Å². The van der Waals surface area contributed by atoms with Crippen LogP contribution in [0.5, 0.6) is 0 Å². The number of sulfonamides is 1. The van der Waals surface area contributed by atoms with Gasteiger partial charge in [-0.05, 0) is 42.5 Å². The van der Waals surface area contributed by atoms with Crippen LogP contribution in [0.15, 0.2) is 64.1 Å². The average Bonchev–Trinajstić information content (AvgIpc) is 3.11. The van der Waals surface area contributed by atoms with Gasteiger partial charge in [-0.2, -0.15) is 0 Å². The quantitative estimate of drug-likeness (QED) is 0.655. The lowest BCUT2D eigenvalue weighted by molar-refractivity contribution is 0.0996. The van der Waals surface area contributed by atoms with E-state index in [9.17, 15) is 22.0 Å². The van der Waals surface area contributed by atoms with Gasteiger partial charge in [-0.3, -0.25) is 9.52 Å².